The van der Waals surface area contributed by atoms with Crippen LogP contribution < -0.4 is 5.32 Å². The Labute approximate surface area is 556 Å². The second-order valence-corrected chi connectivity index (χ2v) is 29.1. The van der Waals surface area contributed by atoms with E-state index in [9.17, 15) is 67.0 Å². The summed E-state index contributed by atoms with van der Waals surface area (Å²) in [4.78, 5) is 37.8. The van der Waals surface area contributed by atoms with E-state index in [1.807, 2.05) is 26.0 Å². The van der Waals surface area contributed by atoms with Crippen molar-refractivity contribution < 1.29 is 127 Å². The first kappa shape index (κ1) is 78.4. The molecule has 0 aromatic rings. The lowest BCUT2D eigenvalue weighted by molar-refractivity contribution is -0.321. The van der Waals surface area contributed by atoms with Crippen LogP contribution in [0.4, 0.5) is 0 Å². The molecule has 95 heavy (non-hydrogen) atoms. The maximum absolute atomic E-state index is 13.3. The molecular formula is C65H101NO27S2. The van der Waals surface area contributed by atoms with E-state index in [0.29, 0.717) is 68.6 Å². The minimum absolute atomic E-state index is 0.0113. The molecule has 3 spiro atoms. The topological polar surface area (TPSA) is 415 Å². The molecular weight excluding hydrogens is 1290 g/mol. The number of carbonyl (C=O) groups is 3. The standard InChI is InChI=1S/C65H101NO27S2/c1-39(15-11-13-29-83-55(73)17-10-8-9-16-54(72)66-36-45(67)33-49(69)59(93-95(80,81)82)50(70)38-86-94(77,78)79)37-84-61(75)62(7,76)35-47-20-21-53(71)65(89-47)34-40(2)31-52(90-65)41(3)18-19-46-23-27-64(88-46)28-24-51-60(92-64)56(74)44(6)58(87-51)48(68)32-43(5)57-42(4)22-26-63(91-57)25-12-14-30-85-63/h8,10-11,13,15,18-19,34,41-43,45-53,56-60,67-71,74,76H,6,9,12,14,16-17,20-33,35-38H2,1-5,7H3,(H,66,72)(H,77,78,79)(H,80,81,82)/b10-8+,13-11+,19-18?,39-15+/t41-,42-,43+,45?,46+,47+,48+,49?,50?,51-,52+,53-,56-,57+,58+,59?,60-,62-,63+,64-,65-/m1/s1. The van der Waals surface area contributed by atoms with Gasteiger partial charge in [0.25, 0.3) is 0 Å². The van der Waals surface area contributed by atoms with Crippen LogP contribution in [0.2, 0.25) is 0 Å². The lowest BCUT2D eigenvalue weighted by Crippen LogP contribution is -2.60. The summed E-state index contributed by atoms with van der Waals surface area (Å²) < 4.78 is 126. The quantitative estimate of drug-likeness (QED) is 0.0203. The van der Waals surface area contributed by atoms with Crippen LogP contribution in [-0.2, 0) is 86.2 Å². The van der Waals surface area contributed by atoms with Gasteiger partial charge < -0.3 is 83.7 Å². The minimum Gasteiger partial charge on any atom is -0.461 e. The van der Waals surface area contributed by atoms with Gasteiger partial charge in [-0.1, -0.05) is 69.4 Å². The Hall–Kier alpha value is -3.97. The van der Waals surface area contributed by atoms with E-state index < -0.39 is 154 Å². The molecule has 7 heterocycles. The van der Waals surface area contributed by atoms with Crippen molar-refractivity contribution in [1.82, 2.24) is 5.32 Å². The second-order valence-electron chi connectivity index (χ2n) is 27.0. The second kappa shape index (κ2) is 34.4. The average molecular weight is 1390 g/mol. The SMILES string of the molecule is C=C1[C@@H](O)[C@@H]2O[C@]3(CC[C@H](C=C[C@@H](C)[C@@H]4CC(C)=C[C@@]5(O[C@H](C[C@@](C)(O)C(=O)OC/C(C)=C/C=C/COC(=O)C/C=C/CCC(=O)NCC(O)CC(O)C(OS(=O)(=O)O)C(O)COS(=O)(=O)O)CC[C@H]5O)O4)O3)CC[C@H]2O[C@@H]1[C@@H](O)C[C@H](C)[C@H]1O[C@@]2(CCCCO2)CC[C@H]1C. The van der Waals surface area contributed by atoms with Gasteiger partial charge in [0.05, 0.1) is 68.5 Å². The number of hydrogen-bond donors (Lipinski definition) is 10. The highest BCUT2D eigenvalue weighted by molar-refractivity contribution is 7.81. The van der Waals surface area contributed by atoms with E-state index in [-0.39, 0.29) is 69.4 Å². The molecule has 4 unspecified atom stereocenters. The Morgan fingerprint density at radius 1 is 0.874 bits per heavy atom. The van der Waals surface area contributed by atoms with Gasteiger partial charge in [-0.25, -0.2) is 13.2 Å². The Morgan fingerprint density at radius 3 is 2.33 bits per heavy atom. The summed E-state index contributed by atoms with van der Waals surface area (Å²) in [6.45, 7) is 14.2. The summed E-state index contributed by atoms with van der Waals surface area (Å²) in [5, 5.41) is 79.1. The Bertz CT molecular complexity index is 2970. The first-order chi connectivity index (χ1) is 44.6. The third kappa shape index (κ3) is 23.0. The van der Waals surface area contributed by atoms with Crippen molar-refractivity contribution in [2.45, 2.75) is 266 Å². The fourth-order valence-electron chi connectivity index (χ4n) is 13.5. The highest BCUT2D eigenvalue weighted by Crippen LogP contribution is 2.48. The van der Waals surface area contributed by atoms with Crippen LogP contribution in [0.1, 0.15) is 157 Å². The van der Waals surface area contributed by atoms with Gasteiger partial charge in [-0.05, 0) is 120 Å². The molecule has 0 bridgehead atoms. The molecule has 21 atom stereocenters. The van der Waals surface area contributed by atoms with E-state index >= 15 is 0 Å². The molecule has 7 aliphatic rings. The smallest absolute Gasteiger partial charge is 0.397 e. The van der Waals surface area contributed by atoms with Crippen LogP contribution in [0.15, 0.2) is 71.9 Å². The van der Waals surface area contributed by atoms with Gasteiger partial charge in [-0.3, -0.25) is 18.7 Å². The van der Waals surface area contributed by atoms with Gasteiger partial charge in [0.15, 0.2) is 17.2 Å². The molecule has 7 rings (SSSR count). The Balaban J connectivity index is 0.779. The van der Waals surface area contributed by atoms with Crippen LogP contribution >= 0.6 is 0 Å². The number of aliphatic hydroxyl groups excluding tert-OH is 6. The molecule has 1 amide bonds. The molecule has 0 saturated carbocycles. The lowest BCUT2D eigenvalue weighted by Gasteiger charge is -2.50. The van der Waals surface area contributed by atoms with Crippen molar-refractivity contribution in [3.8, 4) is 0 Å². The first-order valence-corrected chi connectivity index (χ1v) is 35.7. The van der Waals surface area contributed by atoms with Gasteiger partial charge in [-0.15, -0.1) is 0 Å². The first-order valence-electron chi connectivity index (χ1n) is 33.0. The number of aliphatic hydroxyl groups is 7. The van der Waals surface area contributed by atoms with Gasteiger partial charge in [0.1, 0.15) is 49.8 Å². The number of amides is 1. The normalized spacial score (nSPS) is 33.9. The zero-order valence-electron chi connectivity index (χ0n) is 55.1. The number of ether oxygens (including phenoxy) is 9. The van der Waals surface area contributed by atoms with Crippen molar-refractivity contribution in [2.75, 3.05) is 33.0 Å². The minimum atomic E-state index is -5.31. The van der Waals surface area contributed by atoms with Gasteiger partial charge in [-0.2, -0.15) is 16.8 Å². The maximum Gasteiger partial charge on any atom is 0.397 e. The molecule has 0 aromatic heterocycles. The van der Waals surface area contributed by atoms with Crippen LogP contribution in [0.5, 0.6) is 0 Å². The number of fused-ring (bicyclic) bond motifs is 1. The molecule has 6 saturated heterocycles. The van der Waals surface area contributed by atoms with Crippen molar-refractivity contribution in [1.29, 1.82) is 0 Å². The summed E-state index contributed by atoms with van der Waals surface area (Å²) in [6.07, 6.45) is 7.02. The van der Waals surface area contributed by atoms with E-state index in [1.54, 1.807) is 37.3 Å². The zero-order chi connectivity index (χ0) is 69.7. The van der Waals surface area contributed by atoms with Crippen molar-refractivity contribution in [2.24, 2.45) is 17.8 Å². The third-order valence-corrected chi connectivity index (χ3v) is 19.6. The number of hydrogen-bond acceptors (Lipinski definition) is 25. The van der Waals surface area contributed by atoms with Crippen LogP contribution in [0.3, 0.4) is 0 Å². The molecule has 28 nitrogen and oxygen atoms in total. The molecule has 30 heteroatoms. The highest BCUT2D eigenvalue weighted by Gasteiger charge is 2.55. The number of nitrogens with one attached hydrogen (secondary N) is 1. The van der Waals surface area contributed by atoms with E-state index in [0.717, 1.165) is 37.7 Å². The van der Waals surface area contributed by atoms with Gasteiger partial charge in [0, 0.05) is 57.4 Å². The summed E-state index contributed by atoms with van der Waals surface area (Å²) in [5.74, 6) is -4.87. The zero-order valence-corrected chi connectivity index (χ0v) is 56.7. The Kier molecular flexibility index (Phi) is 28.4. The number of carbonyl (C=O) groups excluding carboxylic acids is 3. The van der Waals surface area contributed by atoms with Gasteiger partial charge >= 0.3 is 32.7 Å². The van der Waals surface area contributed by atoms with Crippen LogP contribution in [-0.4, -0.2) is 221 Å². The van der Waals surface area contributed by atoms with Crippen molar-refractivity contribution >= 4 is 38.6 Å². The van der Waals surface area contributed by atoms with Crippen LogP contribution in [0.25, 0.3) is 0 Å². The molecule has 0 radical (unpaired) electrons. The predicted molar refractivity (Wildman–Crippen MR) is 337 cm³/mol. The molecule has 540 valence electrons. The van der Waals surface area contributed by atoms with Crippen molar-refractivity contribution in [3.05, 3.63) is 71.9 Å². The summed E-state index contributed by atoms with van der Waals surface area (Å²) >= 11 is 0. The van der Waals surface area contributed by atoms with E-state index in [2.05, 4.69) is 34.1 Å². The molecule has 0 aromatic carbocycles. The lowest BCUT2D eigenvalue weighted by atomic mass is 9.79. The number of rotatable bonds is 31. The predicted octanol–water partition coefficient (Wildman–Crippen LogP) is 4.04. The van der Waals surface area contributed by atoms with E-state index in [4.69, 9.17) is 51.7 Å². The van der Waals surface area contributed by atoms with Gasteiger partial charge in [0.2, 0.25) is 11.7 Å². The molecule has 6 fully saturated rings. The fourth-order valence-corrected chi connectivity index (χ4v) is 14.4. The summed E-state index contributed by atoms with van der Waals surface area (Å²) in [5.41, 5.74) is -0.0416. The largest absolute Gasteiger partial charge is 0.461 e. The molecule has 10 N–H and O–H groups in total. The average Bonchev–Trinajstić information content (AvgIpc) is 1.74. The fraction of sp³-hybridized carbons (Fsp3) is 0.769. The Morgan fingerprint density at radius 2 is 1.61 bits per heavy atom. The highest BCUT2D eigenvalue weighted by atomic mass is 32.3. The molecule has 7 aliphatic heterocycles. The summed E-state index contributed by atoms with van der Waals surface area (Å²) in [6, 6.07) is 0. The van der Waals surface area contributed by atoms with E-state index in [1.165, 1.54) is 13.0 Å². The monoisotopic (exact) mass is 1390 g/mol. The number of esters is 2. The van der Waals surface area contributed by atoms with Crippen molar-refractivity contribution in [3.63, 3.8) is 0 Å². The third-order valence-electron chi connectivity index (χ3n) is 18.7. The number of allylic oxidation sites excluding steroid dienone is 3. The maximum atomic E-state index is 13.3. The summed E-state index contributed by atoms with van der Waals surface area (Å²) in [7, 11) is -10.4. The molecule has 0 aliphatic carbocycles. The van der Waals surface area contributed by atoms with Crippen LogP contribution in [0, 0.1) is 17.8 Å².